The Morgan fingerprint density at radius 1 is 1.27 bits per heavy atom. The molecule has 0 amide bonds. The minimum atomic E-state index is -4.30. The standard InChI is InChI=1S/C15H16F3IN2S/c1-21-7-5-9(6-8-21)20-11-4-2-3-10-12(15(16,17)18)14(19)22-13(10)11/h2-4,9,20H,5-8H2,1H3. The molecule has 1 aliphatic heterocycles. The number of anilines is 1. The second-order valence-corrected chi connectivity index (χ2v) is 8.48. The lowest BCUT2D eigenvalue weighted by Crippen LogP contribution is -2.36. The Labute approximate surface area is 144 Å². The molecule has 2 heterocycles. The molecule has 1 aromatic carbocycles. The van der Waals surface area contributed by atoms with Crippen molar-refractivity contribution in [2.45, 2.75) is 25.1 Å². The number of rotatable bonds is 2. The second kappa shape index (κ2) is 6.16. The average molecular weight is 440 g/mol. The highest BCUT2D eigenvalue weighted by molar-refractivity contribution is 14.1. The molecule has 0 spiro atoms. The van der Waals surface area contributed by atoms with E-state index in [1.54, 1.807) is 34.7 Å². The minimum Gasteiger partial charge on any atom is -0.381 e. The molecular weight excluding hydrogens is 424 g/mol. The van der Waals surface area contributed by atoms with Gasteiger partial charge in [-0.3, -0.25) is 0 Å². The molecule has 0 unspecified atom stereocenters. The Hall–Kier alpha value is -0.540. The number of nitrogens with one attached hydrogen (secondary N) is 1. The third-order valence-corrected chi connectivity index (χ3v) is 6.26. The molecule has 1 N–H and O–H groups in total. The zero-order chi connectivity index (χ0) is 15.9. The van der Waals surface area contributed by atoms with E-state index in [1.807, 2.05) is 6.07 Å². The van der Waals surface area contributed by atoms with Crippen LogP contribution < -0.4 is 5.32 Å². The number of halogens is 4. The quantitative estimate of drug-likeness (QED) is 0.660. The molecule has 2 nitrogen and oxygen atoms in total. The monoisotopic (exact) mass is 440 g/mol. The minimum absolute atomic E-state index is 0.303. The van der Waals surface area contributed by atoms with E-state index in [2.05, 4.69) is 17.3 Å². The molecule has 0 aliphatic carbocycles. The molecule has 1 aromatic heterocycles. The fourth-order valence-corrected chi connectivity index (χ4v) is 5.12. The van der Waals surface area contributed by atoms with Crippen LogP contribution in [0.2, 0.25) is 0 Å². The SMILES string of the molecule is CN1CCC(Nc2cccc3c(C(F)(F)F)c(I)sc23)CC1. The van der Waals surface area contributed by atoms with E-state index in [1.165, 1.54) is 11.3 Å². The summed E-state index contributed by atoms with van der Waals surface area (Å²) in [5.74, 6) is 0. The number of fused-ring (bicyclic) bond motifs is 1. The van der Waals surface area contributed by atoms with E-state index in [9.17, 15) is 13.2 Å². The topological polar surface area (TPSA) is 15.3 Å². The Kier molecular flexibility index (Phi) is 4.57. The summed E-state index contributed by atoms with van der Waals surface area (Å²) in [5, 5.41) is 3.75. The summed E-state index contributed by atoms with van der Waals surface area (Å²) in [6.07, 6.45) is -2.27. The van der Waals surface area contributed by atoms with Gasteiger partial charge in [-0.2, -0.15) is 13.2 Å². The van der Waals surface area contributed by atoms with Crippen molar-refractivity contribution >= 4 is 49.7 Å². The first-order valence-electron chi connectivity index (χ1n) is 7.09. The maximum atomic E-state index is 13.2. The summed E-state index contributed by atoms with van der Waals surface area (Å²) < 4.78 is 40.7. The maximum Gasteiger partial charge on any atom is 0.418 e. The number of benzene rings is 1. The largest absolute Gasteiger partial charge is 0.418 e. The van der Waals surface area contributed by atoms with Gasteiger partial charge in [0.1, 0.15) is 0 Å². The number of piperidine rings is 1. The van der Waals surface area contributed by atoms with Gasteiger partial charge in [0.2, 0.25) is 0 Å². The molecule has 0 atom stereocenters. The van der Waals surface area contributed by atoms with Crippen LogP contribution in [0.4, 0.5) is 18.9 Å². The average Bonchev–Trinajstić information content (AvgIpc) is 2.78. The van der Waals surface area contributed by atoms with Crippen molar-refractivity contribution in [2.75, 3.05) is 25.5 Å². The van der Waals surface area contributed by atoms with Crippen molar-refractivity contribution in [3.63, 3.8) is 0 Å². The van der Waals surface area contributed by atoms with Gasteiger partial charge < -0.3 is 10.2 Å². The molecule has 120 valence electrons. The van der Waals surface area contributed by atoms with Gasteiger partial charge >= 0.3 is 6.18 Å². The van der Waals surface area contributed by atoms with Gasteiger partial charge in [-0.15, -0.1) is 11.3 Å². The zero-order valence-electron chi connectivity index (χ0n) is 12.0. The van der Waals surface area contributed by atoms with Crippen molar-refractivity contribution in [1.29, 1.82) is 0 Å². The van der Waals surface area contributed by atoms with Crippen LogP contribution in [0.25, 0.3) is 10.1 Å². The van der Waals surface area contributed by atoms with Gasteiger partial charge in [0.15, 0.2) is 0 Å². The number of nitrogens with zero attached hydrogens (tertiary/aromatic N) is 1. The lowest BCUT2D eigenvalue weighted by atomic mass is 10.0. The van der Waals surface area contributed by atoms with Gasteiger partial charge in [-0.1, -0.05) is 12.1 Å². The molecule has 2 aromatic rings. The first-order valence-corrected chi connectivity index (χ1v) is 8.99. The third kappa shape index (κ3) is 3.21. The summed E-state index contributed by atoms with van der Waals surface area (Å²) in [7, 11) is 2.09. The Morgan fingerprint density at radius 3 is 2.59 bits per heavy atom. The van der Waals surface area contributed by atoms with Crippen LogP contribution in [-0.4, -0.2) is 31.1 Å². The summed E-state index contributed by atoms with van der Waals surface area (Å²) in [6, 6.07) is 5.48. The van der Waals surface area contributed by atoms with Crippen LogP contribution in [0.5, 0.6) is 0 Å². The lowest BCUT2D eigenvalue weighted by molar-refractivity contribution is -0.136. The van der Waals surface area contributed by atoms with Crippen molar-refractivity contribution in [2.24, 2.45) is 0 Å². The summed E-state index contributed by atoms with van der Waals surface area (Å²) in [6.45, 7) is 2.03. The predicted octanol–water partition coefficient (Wildman–Crippen LogP) is 5.03. The highest BCUT2D eigenvalue weighted by Gasteiger charge is 2.37. The first-order chi connectivity index (χ1) is 10.4. The molecule has 22 heavy (non-hydrogen) atoms. The van der Waals surface area contributed by atoms with Crippen LogP contribution >= 0.6 is 33.9 Å². The molecule has 0 saturated carbocycles. The number of likely N-dealkylation sites (tertiary alicyclic amines) is 1. The Bertz CT molecular complexity index is 675. The van der Waals surface area contributed by atoms with E-state index in [0.29, 0.717) is 19.0 Å². The molecule has 1 fully saturated rings. The van der Waals surface area contributed by atoms with Crippen molar-refractivity contribution < 1.29 is 13.2 Å². The number of thiophene rings is 1. The zero-order valence-corrected chi connectivity index (χ0v) is 15.0. The molecular formula is C15H16F3IN2S. The summed E-state index contributed by atoms with van der Waals surface area (Å²) in [5.41, 5.74) is 0.325. The fourth-order valence-electron chi connectivity index (χ4n) is 2.84. The Balaban J connectivity index is 1.94. The van der Waals surface area contributed by atoms with Crippen LogP contribution in [0.1, 0.15) is 18.4 Å². The van der Waals surface area contributed by atoms with Crippen LogP contribution in [0.15, 0.2) is 18.2 Å². The highest BCUT2D eigenvalue weighted by Crippen LogP contribution is 2.45. The molecule has 3 rings (SSSR count). The fraction of sp³-hybridized carbons (Fsp3) is 0.467. The summed E-state index contributed by atoms with van der Waals surface area (Å²) in [4.78, 5) is 2.27. The Morgan fingerprint density at radius 2 is 1.95 bits per heavy atom. The van der Waals surface area contributed by atoms with Crippen molar-refractivity contribution in [3.05, 3.63) is 26.6 Å². The van der Waals surface area contributed by atoms with E-state index >= 15 is 0 Å². The van der Waals surface area contributed by atoms with Crippen LogP contribution in [0, 0.1) is 2.88 Å². The smallest absolute Gasteiger partial charge is 0.381 e. The highest BCUT2D eigenvalue weighted by atomic mass is 127. The van der Waals surface area contributed by atoms with Gasteiger partial charge in [0.05, 0.1) is 18.8 Å². The normalized spacial score (nSPS) is 18.0. The number of alkyl halides is 3. The maximum absolute atomic E-state index is 13.2. The summed E-state index contributed by atoms with van der Waals surface area (Å²) >= 11 is 3.01. The molecule has 0 bridgehead atoms. The van der Waals surface area contributed by atoms with E-state index < -0.39 is 11.7 Å². The number of hydrogen-bond donors (Lipinski definition) is 1. The molecule has 1 saturated heterocycles. The van der Waals surface area contributed by atoms with Crippen molar-refractivity contribution in [1.82, 2.24) is 4.90 Å². The van der Waals surface area contributed by atoms with E-state index in [-0.39, 0.29) is 0 Å². The van der Waals surface area contributed by atoms with Gasteiger partial charge in [-0.05, 0) is 61.6 Å². The first kappa shape index (κ1) is 16.3. The van der Waals surface area contributed by atoms with Crippen LogP contribution in [0.3, 0.4) is 0 Å². The van der Waals surface area contributed by atoms with Gasteiger partial charge in [-0.25, -0.2) is 0 Å². The van der Waals surface area contributed by atoms with Gasteiger partial charge in [0, 0.05) is 11.4 Å². The predicted molar refractivity (Wildman–Crippen MR) is 93.7 cm³/mol. The molecule has 0 radical (unpaired) electrons. The number of hydrogen-bond acceptors (Lipinski definition) is 3. The van der Waals surface area contributed by atoms with Crippen molar-refractivity contribution in [3.8, 4) is 0 Å². The lowest BCUT2D eigenvalue weighted by Gasteiger charge is -2.30. The van der Waals surface area contributed by atoms with E-state index in [0.717, 1.165) is 31.6 Å². The van der Waals surface area contributed by atoms with Crippen LogP contribution in [-0.2, 0) is 6.18 Å². The third-order valence-electron chi connectivity index (χ3n) is 4.03. The molecule has 1 aliphatic rings. The second-order valence-electron chi connectivity index (χ2n) is 5.65. The van der Waals surface area contributed by atoms with E-state index in [4.69, 9.17) is 0 Å². The van der Waals surface area contributed by atoms with Gasteiger partial charge in [0.25, 0.3) is 0 Å². The molecule has 7 heteroatoms.